The molecule has 0 spiro atoms. The van der Waals surface area contributed by atoms with Crippen LogP contribution in [0.2, 0.25) is 15.1 Å². The molecule has 3 rings (SSSR count). The van der Waals surface area contributed by atoms with Crippen molar-refractivity contribution in [3.8, 4) is 5.75 Å². The zero-order valence-corrected chi connectivity index (χ0v) is 17.4. The first-order valence-corrected chi connectivity index (χ1v) is 9.72. The first-order valence-electron chi connectivity index (χ1n) is 8.59. The fourth-order valence-electron chi connectivity index (χ4n) is 2.82. The van der Waals surface area contributed by atoms with Crippen molar-refractivity contribution >= 4 is 40.5 Å². The zero-order valence-electron chi connectivity index (χ0n) is 15.2. The van der Waals surface area contributed by atoms with E-state index < -0.39 is 0 Å². The summed E-state index contributed by atoms with van der Waals surface area (Å²) in [5.74, 6) is 0.624. The molecule has 0 bridgehead atoms. The predicted molar refractivity (Wildman–Crippen MR) is 115 cm³/mol. The van der Waals surface area contributed by atoms with E-state index >= 15 is 0 Å². The molecule has 0 unspecified atom stereocenters. The fourth-order valence-corrected chi connectivity index (χ4v) is 3.62. The summed E-state index contributed by atoms with van der Waals surface area (Å²) in [6.07, 6.45) is 0. The van der Waals surface area contributed by atoms with Crippen LogP contribution in [-0.2, 0) is 13.2 Å². The molecule has 0 fully saturated rings. The number of anilines is 1. The fraction of sp³-hybridized carbons (Fsp3) is 0.182. The molecule has 0 heterocycles. The topological polar surface area (TPSA) is 21.3 Å². The van der Waals surface area contributed by atoms with Crippen LogP contribution in [0, 0.1) is 13.8 Å². The molecule has 0 aliphatic rings. The minimum atomic E-state index is 0.373. The molecular formula is C22H20Cl3NO. The van der Waals surface area contributed by atoms with Crippen LogP contribution >= 0.6 is 34.8 Å². The van der Waals surface area contributed by atoms with Gasteiger partial charge in [-0.15, -0.1) is 0 Å². The van der Waals surface area contributed by atoms with Gasteiger partial charge in [0.25, 0.3) is 0 Å². The Labute approximate surface area is 175 Å². The van der Waals surface area contributed by atoms with Gasteiger partial charge >= 0.3 is 0 Å². The zero-order chi connectivity index (χ0) is 19.4. The third-order valence-corrected chi connectivity index (χ3v) is 5.17. The molecule has 27 heavy (non-hydrogen) atoms. The molecule has 0 saturated heterocycles. The van der Waals surface area contributed by atoms with Gasteiger partial charge in [0.15, 0.2) is 0 Å². The van der Waals surface area contributed by atoms with Crippen molar-refractivity contribution in [1.29, 1.82) is 0 Å². The minimum absolute atomic E-state index is 0.373. The molecular weight excluding hydrogens is 401 g/mol. The van der Waals surface area contributed by atoms with Crippen LogP contribution in [0.25, 0.3) is 0 Å². The van der Waals surface area contributed by atoms with Gasteiger partial charge in [0, 0.05) is 27.8 Å². The molecule has 1 N–H and O–H groups in total. The SMILES string of the molecule is Cc1cccc(NCc2cc(Cl)cc(Cl)c2OCc2cccc(Cl)c2)c1C. The average Bonchev–Trinajstić information content (AvgIpc) is 2.62. The van der Waals surface area contributed by atoms with E-state index in [1.54, 1.807) is 6.07 Å². The number of nitrogens with one attached hydrogen (secondary N) is 1. The van der Waals surface area contributed by atoms with E-state index in [1.165, 1.54) is 11.1 Å². The molecule has 3 aromatic carbocycles. The third-order valence-electron chi connectivity index (χ3n) is 4.43. The third kappa shape index (κ3) is 5.10. The second-order valence-electron chi connectivity index (χ2n) is 6.40. The molecule has 0 atom stereocenters. The van der Waals surface area contributed by atoms with Crippen LogP contribution in [0.5, 0.6) is 5.75 Å². The monoisotopic (exact) mass is 419 g/mol. The number of benzene rings is 3. The lowest BCUT2D eigenvalue weighted by molar-refractivity contribution is 0.303. The van der Waals surface area contributed by atoms with Gasteiger partial charge in [-0.25, -0.2) is 0 Å². The van der Waals surface area contributed by atoms with Crippen molar-refractivity contribution in [3.05, 3.63) is 91.9 Å². The Kier molecular flexibility index (Phi) is 6.54. The Balaban J connectivity index is 1.80. The maximum absolute atomic E-state index is 6.41. The number of aryl methyl sites for hydroxylation is 1. The Hall–Kier alpha value is -1.87. The molecule has 0 aliphatic carbocycles. The lowest BCUT2D eigenvalue weighted by Gasteiger charge is -2.16. The van der Waals surface area contributed by atoms with Gasteiger partial charge in [0.05, 0.1) is 5.02 Å². The Morgan fingerprint density at radius 3 is 2.44 bits per heavy atom. The molecule has 0 radical (unpaired) electrons. The van der Waals surface area contributed by atoms with Gasteiger partial charge in [-0.3, -0.25) is 0 Å². The number of ether oxygens (including phenoxy) is 1. The molecule has 0 aliphatic heterocycles. The summed E-state index contributed by atoms with van der Waals surface area (Å²) in [5, 5.41) is 5.19. The molecule has 3 aromatic rings. The highest BCUT2D eigenvalue weighted by Gasteiger charge is 2.12. The summed E-state index contributed by atoms with van der Waals surface area (Å²) in [5.41, 5.74) is 5.40. The highest BCUT2D eigenvalue weighted by molar-refractivity contribution is 6.35. The number of rotatable bonds is 6. The van der Waals surface area contributed by atoms with Crippen molar-refractivity contribution in [3.63, 3.8) is 0 Å². The first kappa shape index (κ1) is 19.9. The molecule has 0 aromatic heterocycles. The molecule has 5 heteroatoms. The van der Waals surface area contributed by atoms with Crippen molar-refractivity contribution < 1.29 is 4.74 Å². The first-order chi connectivity index (χ1) is 12.9. The predicted octanol–water partition coefficient (Wildman–Crippen LogP) is 7.45. The standard InChI is InChI=1S/C22H20Cl3NO/c1-14-5-3-8-21(15(14)2)26-12-17-10-19(24)11-20(25)22(17)27-13-16-6-4-7-18(23)9-16/h3-11,26H,12-13H2,1-2H3. The summed E-state index contributed by atoms with van der Waals surface area (Å²) < 4.78 is 6.02. The summed E-state index contributed by atoms with van der Waals surface area (Å²) >= 11 is 18.7. The minimum Gasteiger partial charge on any atom is -0.487 e. The quantitative estimate of drug-likeness (QED) is 0.447. The number of hydrogen-bond donors (Lipinski definition) is 1. The highest BCUT2D eigenvalue weighted by atomic mass is 35.5. The molecule has 140 valence electrons. The summed E-state index contributed by atoms with van der Waals surface area (Å²) in [6.45, 7) is 5.11. The van der Waals surface area contributed by atoms with Gasteiger partial charge in [0.1, 0.15) is 12.4 Å². The van der Waals surface area contributed by atoms with E-state index in [0.717, 1.165) is 16.8 Å². The Morgan fingerprint density at radius 1 is 0.889 bits per heavy atom. The van der Waals surface area contributed by atoms with Crippen LogP contribution in [-0.4, -0.2) is 0 Å². The second kappa shape index (κ2) is 8.88. The second-order valence-corrected chi connectivity index (χ2v) is 7.68. The van der Waals surface area contributed by atoms with E-state index in [9.17, 15) is 0 Å². The van der Waals surface area contributed by atoms with Crippen LogP contribution in [0.15, 0.2) is 54.6 Å². The number of halogens is 3. The van der Waals surface area contributed by atoms with Crippen LogP contribution < -0.4 is 10.1 Å². The lowest BCUT2D eigenvalue weighted by Crippen LogP contribution is -2.06. The maximum Gasteiger partial charge on any atom is 0.143 e. The number of hydrogen-bond acceptors (Lipinski definition) is 2. The lowest BCUT2D eigenvalue weighted by atomic mass is 10.1. The average molecular weight is 421 g/mol. The smallest absolute Gasteiger partial charge is 0.143 e. The van der Waals surface area contributed by atoms with Gasteiger partial charge in [0.2, 0.25) is 0 Å². The molecule has 2 nitrogen and oxygen atoms in total. The Bertz CT molecular complexity index is 956. The molecule has 0 saturated carbocycles. The largest absolute Gasteiger partial charge is 0.487 e. The van der Waals surface area contributed by atoms with Gasteiger partial charge in [-0.1, -0.05) is 59.1 Å². The van der Waals surface area contributed by atoms with Crippen LogP contribution in [0.1, 0.15) is 22.3 Å². The summed E-state index contributed by atoms with van der Waals surface area (Å²) in [4.78, 5) is 0. The Morgan fingerprint density at radius 2 is 1.67 bits per heavy atom. The van der Waals surface area contributed by atoms with Gasteiger partial charge < -0.3 is 10.1 Å². The van der Waals surface area contributed by atoms with Crippen molar-refractivity contribution in [2.45, 2.75) is 27.0 Å². The van der Waals surface area contributed by atoms with Crippen molar-refractivity contribution in [2.24, 2.45) is 0 Å². The van der Waals surface area contributed by atoms with Gasteiger partial charge in [-0.2, -0.15) is 0 Å². The van der Waals surface area contributed by atoms with E-state index in [1.807, 2.05) is 36.4 Å². The maximum atomic E-state index is 6.41. The van der Waals surface area contributed by atoms with Crippen LogP contribution in [0.4, 0.5) is 5.69 Å². The van der Waals surface area contributed by atoms with Crippen LogP contribution in [0.3, 0.4) is 0 Å². The summed E-state index contributed by atoms with van der Waals surface area (Å²) in [6, 6.07) is 17.3. The normalized spacial score (nSPS) is 10.7. The van der Waals surface area contributed by atoms with Crippen molar-refractivity contribution in [2.75, 3.05) is 5.32 Å². The van der Waals surface area contributed by atoms with E-state index in [4.69, 9.17) is 39.5 Å². The van der Waals surface area contributed by atoms with E-state index in [2.05, 4.69) is 31.3 Å². The van der Waals surface area contributed by atoms with E-state index in [-0.39, 0.29) is 0 Å². The summed E-state index contributed by atoms with van der Waals surface area (Å²) in [7, 11) is 0. The van der Waals surface area contributed by atoms with E-state index in [0.29, 0.717) is 34.0 Å². The van der Waals surface area contributed by atoms with Gasteiger partial charge in [-0.05, 0) is 60.9 Å². The highest BCUT2D eigenvalue weighted by Crippen LogP contribution is 2.34. The molecule has 0 amide bonds. The van der Waals surface area contributed by atoms with Crippen molar-refractivity contribution in [1.82, 2.24) is 0 Å².